The van der Waals surface area contributed by atoms with E-state index in [2.05, 4.69) is 0 Å². The van der Waals surface area contributed by atoms with Crippen LogP contribution in [0.4, 0.5) is 0 Å². The second-order valence-corrected chi connectivity index (χ2v) is 4.87. The monoisotopic (exact) mass is 285 g/mol. The lowest BCUT2D eigenvalue weighted by Crippen LogP contribution is -2.22. The van der Waals surface area contributed by atoms with Gasteiger partial charge in [0.2, 0.25) is 0 Å². The van der Waals surface area contributed by atoms with E-state index in [-0.39, 0.29) is 12.2 Å². The fraction of sp³-hybridized carbons (Fsp3) is 0.235. The molecule has 2 aromatic carbocycles. The minimum Gasteiger partial charge on any atom is -0.545 e. The molecule has 0 aliphatic rings. The third-order valence-corrected chi connectivity index (χ3v) is 3.24. The molecule has 0 heterocycles. The van der Waals surface area contributed by atoms with Crippen LogP contribution in [-0.4, -0.2) is 13.1 Å². The highest BCUT2D eigenvalue weighted by atomic mass is 16.5. The van der Waals surface area contributed by atoms with Gasteiger partial charge < -0.3 is 19.4 Å². The lowest BCUT2D eigenvalue weighted by Gasteiger charge is -2.14. The number of carbonyl (C=O) groups excluding carboxylic acids is 1. The van der Waals surface area contributed by atoms with E-state index in [1.165, 1.54) is 19.2 Å². The van der Waals surface area contributed by atoms with Crippen LogP contribution in [0.15, 0.2) is 36.4 Å². The van der Waals surface area contributed by atoms with E-state index < -0.39 is 5.97 Å². The van der Waals surface area contributed by atoms with Crippen molar-refractivity contribution in [3.05, 3.63) is 58.7 Å². The average molecular weight is 285 g/mol. The van der Waals surface area contributed by atoms with E-state index in [0.717, 1.165) is 16.9 Å². The molecular formula is C17H17O4-. The van der Waals surface area contributed by atoms with E-state index in [1.54, 1.807) is 6.07 Å². The van der Waals surface area contributed by atoms with Crippen LogP contribution in [0.5, 0.6) is 11.5 Å². The molecule has 0 aromatic heterocycles. The first-order chi connectivity index (χ1) is 10.0. The van der Waals surface area contributed by atoms with Crippen LogP contribution in [-0.2, 0) is 6.61 Å². The van der Waals surface area contributed by atoms with Crippen LogP contribution >= 0.6 is 0 Å². The fourth-order valence-corrected chi connectivity index (χ4v) is 2.04. The summed E-state index contributed by atoms with van der Waals surface area (Å²) in [4.78, 5) is 10.9. The highest BCUT2D eigenvalue weighted by Gasteiger charge is 2.07. The molecule has 0 fully saturated rings. The van der Waals surface area contributed by atoms with Crippen molar-refractivity contribution in [2.45, 2.75) is 20.5 Å². The van der Waals surface area contributed by atoms with Gasteiger partial charge >= 0.3 is 0 Å². The number of carbonyl (C=O) groups is 1. The number of aryl methyl sites for hydroxylation is 2. The van der Waals surface area contributed by atoms with Crippen molar-refractivity contribution in [1.29, 1.82) is 0 Å². The molecule has 4 heteroatoms. The Morgan fingerprint density at radius 3 is 2.52 bits per heavy atom. The Balaban J connectivity index is 2.24. The Bertz CT molecular complexity index is 662. The lowest BCUT2D eigenvalue weighted by molar-refractivity contribution is -0.255. The Morgan fingerprint density at radius 2 is 1.86 bits per heavy atom. The lowest BCUT2D eigenvalue weighted by atomic mass is 10.1. The molecule has 0 amide bonds. The SMILES string of the molecule is COc1ccc(C(=O)[O-])cc1COc1cc(C)ccc1C. The number of carboxylic acid groups (broad SMARTS) is 1. The molecule has 0 saturated carbocycles. The molecule has 2 aromatic rings. The zero-order valence-electron chi connectivity index (χ0n) is 12.3. The van der Waals surface area contributed by atoms with Crippen molar-refractivity contribution in [2.75, 3.05) is 7.11 Å². The number of hydrogen-bond donors (Lipinski definition) is 0. The van der Waals surface area contributed by atoms with Crippen molar-refractivity contribution in [3.63, 3.8) is 0 Å². The molecule has 21 heavy (non-hydrogen) atoms. The summed E-state index contributed by atoms with van der Waals surface area (Å²) in [5.74, 6) is 0.145. The smallest absolute Gasteiger partial charge is 0.125 e. The summed E-state index contributed by atoms with van der Waals surface area (Å²) in [6, 6.07) is 10.5. The third kappa shape index (κ3) is 3.54. The molecule has 0 aliphatic carbocycles. The van der Waals surface area contributed by atoms with E-state index in [0.29, 0.717) is 11.3 Å². The molecule has 0 unspecified atom stereocenters. The number of benzene rings is 2. The number of carboxylic acids is 1. The molecule has 0 saturated heterocycles. The number of methoxy groups -OCH3 is 1. The maximum Gasteiger partial charge on any atom is 0.125 e. The molecule has 0 bridgehead atoms. The summed E-state index contributed by atoms with van der Waals surface area (Å²) < 4.78 is 11.0. The van der Waals surface area contributed by atoms with Crippen molar-refractivity contribution >= 4 is 5.97 Å². The van der Waals surface area contributed by atoms with E-state index in [1.807, 2.05) is 32.0 Å². The minimum absolute atomic E-state index is 0.107. The largest absolute Gasteiger partial charge is 0.545 e. The van der Waals surface area contributed by atoms with Crippen LogP contribution in [0.3, 0.4) is 0 Å². The van der Waals surface area contributed by atoms with Gasteiger partial charge in [-0.15, -0.1) is 0 Å². The number of hydrogen-bond acceptors (Lipinski definition) is 4. The van der Waals surface area contributed by atoms with Gasteiger partial charge in [0.05, 0.1) is 13.1 Å². The van der Waals surface area contributed by atoms with Gasteiger partial charge in [-0.3, -0.25) is 0 Å². The predicted octanol–water partition coefficient (Wildman–Crippen LogP) is 2.25. The average Bonchev–Trinajstić information content (AvgIpc) is 2.47. The summed E-state index contributed by atoms with van der Waals surface area (Å²) in [7, 11) is 1.54. The molecule has 110 valence electrons. The normalized spacial score (nSPS) is 10.2. The molecule has 2 rings (SSSR count). The van der Waals surface area contributed by atoms with Crippen molar-refractivity contribution in [1.82, 2.24) is 0 Å². The summed E-state index contributed by atoms with van der Waals surface area (Å²) >= 11 is 0. The van der Waals surface area contributed by atoms with E-state index in [9.17, 15) is 9.90 Å². The summed E-state index contributed by atoms with van der Waals surface area (Å²) in [6.07, 6.45) is 0. The van der Waals surface area contributed by atoms with Crippen molar-refractivity contribution in [2.24, 2.45) is 0 Å². The molecule has 0 atom stereocenters. The summed E-state index contributed by atoms with van der Waals surface area (Å²) in [5.41, 5.74) is 2.90. The third-order valence-electron chi connectivity index (χ3n) is 3.24. The first-order valence-corrected chi connectivity index (χ1v) is 6.59. The van der Waals surface area contributed by atoms with Crippen LogP contribution < -0.4 is 14.6 Å². The predicted molar refractivity (Wildman–Crippen MR) is 77.6 cm³/mol. The highest BCUT2D eigenvalue weighted by Crippen LogP contribution is 2.24. The van der Waals surface area contributed by atoms with Gasteiger partial charge in [0, 0.05) is 5.56 Å². The van der Waals surface area contributed by atoms with Crippen molar-refractivity contribution < 1.29 is 19.4 Å². The number of rotatable bonds is 5. The van der Waals surface area contributed by atoms with Crippen LogP contribution in [0, 0.1) is 13.8 Å². The Labute approximate surface area is 123 Å². The van der Waals surface area contributed by atoms with Gasteiger partial charge in [0.25, 0.3) is 0 Å². The Hall–Kier alpha value is -2.49. The maximum absolute atomic E-state index is 10.9. The zero-order chi connectivity index (χ0) is 15.4. The minimum atomic E-state index is -1.22. The van der Waals surface area contributed by atoms with Crippen LogP contribution in [0.1, 0.15) is 27.0 Å². The second-order valence-electron chi connectivity index (χ2n) is 4.87. The Morgan fingerprint density at radius 1 is 1.10 bits per heavy atom. The molecule has 0 radical (unpaired) electrons. The van der Waals surface area contributed by atoms with E-state index >= 15 is 0 Å². The highest BCUT2D eigenvalue weighted by molar-refractivity contribution is 5.86. The zero-order valence-corrected chi connectivity index (χ0v) is 12.3. The van der Waals surface area contributed by atoms with Crippen molar-refractivity contribution in [3.8, 4) is 11.5 Å². The van der Waals surface area contributed by atoms with Gasteiger partial charge in [-0.2, -0.15) is 0 Å². The Kier molecular flexibility index (Phi) is 4.48. The van der Waals surface area contributed by atoms with Gasteiger partial charge in [-0.05, 0) is 54.8 Å². The van der Waals surface area contributed by atoms with Crippen LogP contribution in [0.2, 0.25) is 0 Å². The first-order valence-electron chi connectivity index (χ1n) is 6.59. The fourth-order valence-electron chi connectivity index (χ4n) is 2.04. The summed E-state index contributed by atoms with van der Waals surface area (Å²) in [6.45, 7) is 4.18. The molecule has 0 aliphatic heterocycles. The van der Waals surface area contributed by atoms with Gasteiger partial charge in [-0.1, -0.05) is 12.1 Å². The van der Waals surface area contributed by atoms with E-state index in [4.69, 9.17) is 9.47 Å². The molecule has 0 spiro atoms. The molecule has 0 N–H and O–H groups in total. The molecular weight excluding hydrogens is 268 g/mol. The molecule has 4 nitrogen and oxygen atoms in total. The van der Waals surface area contributed by atoms with Gasteiger partial charge in [0.15, 0.2) is 0 Å². The number of aromatic carboxylic acids is 1. The standard InChI is InChI=1S/C17H18O4/c1-11-4-5-12(2)16(8-11)21-10-14-9-13(17(18)19)6-7-15(14)20-3/h4-9H,10H2,1-3H3,(H,18,19)/p-1. The maximum atomic E-state index is 10.9. The van der Waals surface area contributed by atoms with Crippen LogP contribution in [0.25, 0.3) is 0 Å². The van der Waals surface area contributed by atoms with Gasteiger partial charge in [0.1, 0.15) is 18.1 Å². The quantitative estimate of drug-likeness (QED) is 0.845. The topological polar surface area (TPSA) is 58.6 Å². The first kappa shape index (κ1) is 14.9. The summed E-state index contributed by atoms with van der Waals surface area (Å²) in [5, 5.41) is 10.9. The van der Waals surface area contributed by atoms with Gasteiger partial charge in [-0.25, -0.2) is 0 Å². The number of ether oxygens (including phenoxy) is 2. The second kappa shape index (κ2) is 6.31.